The summed E-state index contributed by atoms with van der Waals surface area (Å²) in [7, 11) is 0. The van der Waals surface area contributed by atoms with E-state index < -0.39 is 0 Å². The van der Waals surface area contributed by atoms with Gasteiger partial charge >= 0.3 is 0 Å². The highest BCUT2D eigenvalue weighted by Crippen LogP contribution is 2.40. The number of nitrogens with zero attached hydrogens (tertiary/aromatic N) is 2. The van der Waals surface area contributed by atoms with Gasteiger partial charge < -0.3 is 9.73 Å². The van der Waals surface area contributed by atoms with Crippen molar-refractivity contribution in [2.45, 2.75) is 6.17 Å². The van der Waals surface area contributed by atoms with E-state index in [1.165, 1.54) is 27.3 Å². The standard InChI is InChI=1S/C47H31N3O/c1-2-10-30(11-3-1)33-18-22-34(23-19-33)45-48-46(38-25-21-32-13-5-7-15-36(32)29-38)50-47(49-45)41-27-26-39(37-24-20-31-12-4-6-14-35(31)28-37)44-43(41)40-16-8-9-17-42(40)51-44/h1-29,45H,(H,48,49,50). The van der Waals surface area contributed by atoms with Gasteiger partial charge in [-0.05, 0) is 74.1 Å². The summed E-state index contributed by atoms with van der Waals surface area (Å²) in [4.78, 5) is 10.6. The monoisotopic (exact) mass is 653 g/mol. The van der Waals surface area contributed by atoms with Crippen molar-refractivity contribution in [2.24, 2.45) is 9.98 Å². The Morgan fingerprint density at radius 2 is 1.06 bits per heavy atom. The van der Waals surface area contributed by atoms with Crippen molar-refractivity contribution >= 4 is 55.2 Å². The zero-order chi connectivity index (χ0) is 33.7. The minimum Gasteiger partial charge on any atom is -0.455 e. The number of para-hydroxylation sites is 1. The van der Waals surface area contributed by atoms with Gasteiger partial charge in [0.1, 0.15) is 23.2 Å². The van der Waals surface area contributed by atoms with Crippen molar-refractivity contribution in [2.75, 3.05) is 0 Å². The van der Waals surface area contributed by atoms with Crippen LogP contribution in [-0.4, -0.2) is 11.7 Å². The summed E-state index contributed by atoms with van der Waals surface area (Å²) in [5.41, 5.74) is 9.16. The Balaban J connectivity index is 1.16. The SMILES string of the molecule is c1ccc(-c2ccc(C3N=C(c4ccc(-c5ccc6ccccc6c5)c5oc6ccccc6c45)N=C(c4ccc5ccccc5c4)N3)cc2)cc1. The number of nitrogens with one attached hydrogen (secondary N) is 1. The maximum absolute atomic E-state index is 6.69. The Labute approximate surface area is 295 Å². The van der Waals surface area contributed by atoms with Gasteiger partial charge in [-0.25, -0.2) is 9.98 Å². The van der Waals surface area contributed by atoms with Crippen molar-refractivity contribution in [3.63, 3.8) is 0 Å². The van der Waals surface area contributed by atoms with Gasteiger partial charge in [-0.1, -0.05) is 146 Å². The van der Waals surface area contributed by atoms with E-state index in [1.54, 1.807) is 0 Å². The highest BCUT2D eigenvalue weighted by molar-refractivity contribution is 6.24. The lowest BCUT2D eigenvalue weighted by molar-refractivity contribution is 0.669. The molecule has 0 bridgehead atoms. The Morgan fingerprint density at radius 1 is 0.471 bits per heavy atom. The summed E-state index contributed by atoms with van der Waals surface area (Å²) >= 11 is 0. The molecule has 4 heteroatoms. The molecular weight excluding hydrogens is 623 g/mol. The molecule has 10 rings (SSSR count). The third kappa shape index (κ3) is 5.17. The molecular formula is C47H31N3O. The van der Waals surface area contributed by atoms with Gasteiger partial charge in [-0.15, -0.1) is 0 Å². The van der Waals surface area contributed by atoms with Crippen LogP contribution in [0.25, 0.3) is 65.7 Å². The Kier molecular flexibility index (Phi) is 6.85. The molecule has 1 aromatic heterocycles. The largest absolute Gasteiger partial charge is 0.455 e. The number of hydrogen-bond donors (Lipinski definition) is 1. The molecule has 0 fully saturated rings. The Morgan fingerprint density at radius 3 is 1.82 bits per heavy atom. The fourth-order valence-corrected chi connectivity index (χ4v) is 7.31. The number of hydrogen-bond acceptors (Lipinski definition) is 4. The molecule has 240 valence electrons. The first-order chi connectivity index (χ1) is 25.2. The summed E-state index contributed by atoms with van der Waals surface area (Å²) < 4.78 is 6.69. The molecule has 9 aromatic rings. The predicted octanol–water partition coefficient (Wildman–Crippen LogP) is 11.7. The third-order valence-electron chi connectivity index (χ3n) is 9.93. The molecule has 1 N–H and O–H groups in total. The van der Waals surface area contributed by atoms with Crippen LogP contribution in [-0.2, 0) is 0 Å². The second-order valence-electron chi connectivity index (χ2n) is 13.0. The molecule has 0 saturated heterocycles. The lowest BCUT2D eigenvalue weighted by Gasteiger charge is -2.24. The van der Waals surface area contributed by atoms with Gasteiger partial charge in [0.05, 0.1) is 0 Å². The molecule has 1 unspecified atom stereocenters. The highest BCUT2D eigenvalue weighted by Gasteiger charge is 2.25. The second-order valence-corrected chi connectivity index (χ2v) is 13.0. The summed E-state index contributed by atoms with van der Waals surface area (Å²) in [6.45, 7) is 0. The maximum Gasteiger partial charge on any atom is 0.160 e. The quantitative estimate of drug-likeness (QED) is 0.201. The van der Waals surface area contributed by atoms with Crippen LogP contribution in [0.15, 0.2) is 190 Å². The van der Waals surface area contributed by atoms with Crippen molar-refractivity contribution < 1.29 is 4.42 Å². The Bertz CT molecular complexity index is 2830. The predicted molar refractivity (Wildman–Crippen MR) is 211 cm³/mol. The normalized spacial score (nSPS) is 14.5. The van der Waals surface area contributed by atoms with E-state index >= 15 is 0 Å². The van der Waals surface area contributed by atoms with Crippen molar-refractivity contribution in [1.82, 2.24) is 5.32 Å². The van der Waals surface area contributed by atoms with Crippen LogP contribution < -0.4 is 5.32 Å². The summed E-state index contributed by atoms with van der Waals surface area (Å²) in [6.07, 6.45) is -0.350. The minimum atomic E-state index is -0.350. The van der Waals surface area contributed by atoms with E-state index in [4.69, 9.17) is 14.4 Å². The van der Waals surface area contributed by atoms with E-state index in [1.807, 2.05) is 18.2 Å². The molecule has 0 saturated carbocycles. The second kappa shape index (κ2) is 12.0. The number of aliphatic imine (C=N–C) groups is 2. The zero-order valence-corrected chi connectivity index (χ0v) is 27.6. The number of furan rings is 1. The molecule has 0 aliphatic carbocycles. The molecule has 51 heavy (non-hydrogen) atoms. The topological polar surface area (TPSA) is 49.9 Å². The summed E-state index contributed by atoms with van der Waals surface area (Å²) in [6, 6.07) is 61.7. The molecule has 4 nitrogen and oxygen atoms in total. The molecule has 1 atom stereocenters. The third-order valence-corrected chi connectivity index (χ3v) is 9.93. The van der Waals surface area contributed by atoms with Crippen molar-refractivity contribution in [3.05, 3.63) is 193 Å². The molecule has 2 heterocycles. The van der Waals surface area contributed by atoms with Crippen LogP contribution >= 0.6 is 0 Å². The van der Waals surface area contributed by atoms with Crippen LogP contribution in [0.5, 0.6) is 0 Å². The molecule has 1 aliphatic heterocycles. The van der Waals surface area contributed by atoms with Crippen molar-refractivity contribution in [3.8, 4) is 22.3 Å². The van der Waals surface area contributed by atoms with Gasteiger partial charge in [0.25, 0.3) is 0 Å². The van der Waals surface area contributed by atoms with Gasteiger partial charge in [0.15, 0.2) is 5.84 Å². The first-order valence-electron chi connectivity index (χ1n) is 17.3. The van der Waals surface area contributed by atoms with E-state index in [0.717, 1.165) is 61.0 Å². The average Bonchev–Trinajstić information content (AvgIpc) is 3.60. The molecule has 0 spiro atoms. The fourth-order valence-electron chi connectivity index (χ4n) is 7.31. The summed E-state index contributed by atoms with van der Waals surface area (Å²) in [5, 5.41) is 10.5. The van der Waals surface area contributed by atoms with E-state index in [2.05, 4.69) is 163 Å². The van der Waals surface area contributed by atoms with Crippen LogP contribution in [0.2, 0.25) is 0 Å². The highest BCUT2D eigenvalue weighted by atomic mass is 16.3. The first-order valence-corrected chi connectivity index (χ1v) is 17.3. The number of fused-ring (bicyclic) bond motifs is 5. The van der Waals surface area contributed by atoms with Crippen LogP contribution in [0.1, 0.15) is 22.9 Å². The van der Waals surface area contributed by atoms with E-state index in [0.29, 0.717) is 5.84 Å². The lowest BCUT2D eigenvalue weighted by atomic mass is 9.96. The van der Waals surface area contributed by atoms with Crippen LogP contribution in [0, 0.1) is 0 Å². The zero-order valence-electron chi connectivity index (χ0n) is 27.6. The first kappa shape index (κ1) is 29.2. The molecule has 8 aromatic carbocycles. The summed E-state index contributed by atoms with van der Waals surface area (Å²) in [5.74, 6) is 1.44. The number of rotatable bonds is 5. The molecule has 1 aliphatic rings. The molecule has 0 amide bonds. The number of amidine groups is 2. The average molecular weight is 654 g/mol. The van der Waals surface area contributed by atoms with Gasteiger partial charge in [0, 0.05) is 27.5 Å². The van der Waals surface area contributed by atoms with Gasteiger partial charge in [-0.2, -0.15) is 0 Å². The fraction of sp³-hybridized carbons (Fsp3) is 0.0213. The molecule has 0 radical (unpaired) electrons. The van der Waals surface area contributed by atoms with Crippen LogP contribution in [0.4, 0.5) is 0 Å². The van der Waals surface area contributed by atoms with E-state index in [-0.39, 0.29) is 6.17 Å². The van der Waals surface area contributed by atoms with Crippen molar-refractivity contribution in [1.29, 1.82) is 0 Å². The lowest BCUT2D eigenvalue weighted by Crippen LogP contribution is -2.33. The number of benzene rings is 8. The minimum absolute atomic E-state index is 0.350. The Hall–Kier alpha value is -6.78. The maximum atomic E-state index is 6.69. The van der Waals surface area contributed by atoms with Gasteiger partial charge in [-0.3, -0.25) is 0 Å². The smallest absolute Gasteiger partial charge is 0.160 e. The van der Waals surface area contributed by atoms with Gasteiger partial charge in [0.2, 0.25) is 0 Å². The van der Waals surface area contributed by atoms with E-state index in [9.17, 15) is 0 Å². The van der Waals surface area contributed by atoms with Crippen LogP contribution in [0.3, 0.4) is 0 Å².